The second-order valence-electron chi connectivity index (χ2n) is 4.74. The molecule has 2 atom stereocenters. The van der Waals surface area contributed by atoms with E-state index in [0.717, 1.165) is 13.0 Å². The van der Waals surface area contributed by atoms with Crippen LogP contribution in [0.1, 0.15) is 39.0 Å². The maximum Gasteiger partial charge on any atom is 0.320 e. The molecular weight excluding hydrogens is 204 g/mol. The van der Waals surface area contributed by atoms with Gasteiger partial charge >= 0.3 is 5.97 Å². The molecule has 1 saturated heterocycles. The molecule has 0 saturated carbocycles. The average Bonchev–Trinajstić information content (AvgIpc) is 2.62. The fraction of sp³-hybridized carbons (Fsp3) is 0.917. The van der Waals surface area contributed by atoms with Crippen LogP contribution in [0.5, 0.6) is 0 Å². The van der Waals surface area contributed by atoms with E-state index in [9.17, 15) is 4.79 Å². The Morgan fingerprint density at radius 1 is 1.50 bits per heavy atom. The van der Waals surface area contributed by atoms with Gasteiger partial charge in [0.05, 0.1) is 0 Å². The second-order valence-corrected chi connectivity index (χ2v) is 4.74. The van der Waals surface area contributed by atoms with Crippen molar-refractivity contribution in [3.8, 4) is 0 Å². The molecule has 0 radical (unpaired) electrons. The fourth-order valence-corrected chi connectivity index (χ4v) is 2.56. The van der Waals surface area contributed by atoms with E-state index < -0.39 is 5.97 Å². The van der Waals surface area contributed by atoms with Crippen molar-refractivity contribution in [2.45, 2.75) is 45.1 Å². The number of likely N-dealkylation sites (tertiary alicyclic amines) is 1. The van der Waals surface area contributed by atoms with Crippen molar-refractivity contribution in [1.29, 1.82) is 0 Å². The normalized spacial score (nSPS) is 26.1. The molecule has 1 heterocycles. The third-order valence-electron chi connectivity index (χ3n) is 3.41. The van der Waals surface area contributed by atoms with Crippen molar-refractivity contribution >= 4 is 5.97 Å². The first kappa shape index (κ1) is 13.5. The molecule has 16 heavy (non-hydrogen) atoms. The van der Waals surface area contributed by atoms with Gasteiger partial charge in [0, 0.05) is 19.6 Å². The van der Waals surface area contributed by atoms with Gasteiger partial charge in [0.1, 0.15) is 6.04 Å². The van der Waals surface area contributed by atoms with Crippen LogP contribution in [-0.4, -0.2) is 41.7 Å². The lowest BCUT2D eigenvalue weighted by Gasteiger charge is -2.19. The first-order valence-electron chi connectivity index (χ1n) is 6.36. The third-order valence-corrected chi connectivity index (χ3v) is 3.41. The first-order valence-corrected chi connectivity index (χ1v) is 6.36. The molecule has 0 spiro atoms. The monoisotopic (exact) mass is 228 g/mol. The summed E-state index contributed by atoms with van der Waals surface area (Å²) in [5, 5.41) is 9.12. The van der Waals surface area contributed by atoms with Crippen molar-refractivity contribution < 1.29 is 9.90 Å². The topological polar surface area (TPSA) is 66.6 Å². The van der Waals surface area contributed by atoms with Crippen LogP contribution in [0.15, 0.2) is 0 Å². The molecule has 94 valence electrons. The summed E-state index contributed by atoms with van der Waals surface area (Å²) >= 11 is 0. The molecule has 3 N–H and O–H groups in total. The van der Waals surface area contributed by atoms with Gasteiger partial charge < -0.3 is 10.8 Å². The molecule has 0 aromatic heterocycles. The highest BCUT2D eigenvalue weighted by atomic mass is 16.4. The Hall–Kier alpha value is -0.610. The molecule has 2 unspecified atom stereocenters. The van der Waals surface area contributed by atoms with Crippen LogP contribution in [0.2, 0.25) is 0 Å². The number of carboxylic acid groups (broad SMARTS) is 1. The van der Waals surface area contributed by atoms with Crippen LogP contribution < -0.4 is 5.73 Å². The average molecular weight is 228 g/mol. The SMILES string of the molecule is CCCCCC1CC(C(=O)O)N(CCN)C1. The van der Waals surface area contributed by atoms with Crippen molar-refractivity contribution in [2.24, 2.45) is 11.7 Å². The molecule has 1 fully saturated rings. The van der Waals surface area contributed by atoms with Crippen LogP contribution >= 0.6 is 0 Å². The predicted molar refractivity (Wildman–Crippen MR) is 64.3 cm³/mol. The standard InChI is InChI=1S/C12H24N2O2/c1-2-3-4-5-10-8-11(12(15)16)14(9-10)7-6-13/h10-11H,2-9,13H2,1H3,(H,15,16). The number of hydrogen-bond donors (Lipinski definition) is 2. The van der Waals surface area contributed by atoms with Crippen LogP contribution in [0, 0.1) is 5.92 Å². The third kappa shape index (κ3) is 3.76. The highest BCUT2D eigenvalue weighted by Gasteiger charge is 2.35. The number of carbonyl (C=O) groups is 1. The van der Waals surface area contributed by atoms with Gasteiger partial charge in [-0.25, -0.2) is 0 Å². The summed E-state index contributed by atoms with van der Waals surface area (Å²) in [5.74, 6) is -0.134. The largest absolute Gasteiger partial charge is 0.480 e. The molecule has 4 nitrogen and oxygen atoms in total. The van der Waals surface area contributed by atoms with Gasteiger partial charge in [-0.2, -0.15) is 0 Å². The van der Waals surface area contributed by atoms with E-state index in [1.54, 1.807) is 0 Å². The number of nitrogens with two attached hydrogens (primary N) is 1. The van der Waals surface area contributed by atoms with Gasteiger partial charge in [0.2, 0.25) is 0 Å². The Bertz CT molecular complexity index is 221. The quantitative estimate of drug-likeness (QED) is 0.645. The van der Waals surface area contributed by atoms with Crippen molar-refractivity contribution in [3.63, 3.8) is 0 Å². The highest BCUT2D eigenvalue weighted by Crippen LogP contribution is 2.27. The van der Waals surface area contributed by atoms with Crippen LogP contribution in [0.4, 0.5) is 0 Å². The molecule has 1 aliphatic rings. The molecular formula is C12H24N2O2. The van der Waals surface area contributed by atoms with Crippen molar-refractivity contribution in [1.82, 2.24) is 4.90 Å². The van der Waals surface area contributed by atoms with Crippen LogP contribution in [-0.2, 0) is 4.79 Å². The molecule has 4 heteroatoms. The Balaban J connectivity index is 2.38. The lowest BCUT2D eigenvalue weighted by atomic mass is 9.98. The minimum Gasteiger partial charge on any atom is -0.480 e. The summed E-state index contributed by atoms with van der Waals surface area (Å²) in [6, 6.07) is -0.296. The van der Waals surface area contributed by atoms with Crippen molar-refractivity contribution in [3.05, 3.63) is 0 Å². The van der Waals surface area contributed by atoms with Gasteiger partial charge in [-0.3, -0.25) is 9.69 Å². The fourth-order valence-electron chi connectivity index (χ4n) is 2.56. The molecule has 0 aliphatic carbocycles. The summed E-state index contributed by atoms with van der Waals surface area (Å²) < 4.78 is 0. The Kier molecular flexibility index (Phi) is 5.77. The van der Waals surface area contributed by atoms with Gasteiger partial charge in [-0.15, -0.1) is 0 Å². The van der Waals surface area contributed by atoms with Gasteiger partial charge in [0.15, 0.2) is 0 Å². The summed E-state index contributed by atoms with van der Waals surface area (Å²) in [7, 11) is 0. The van der Waals surface area contributed by atoms with E-state index in [-0.39, 0.29) is 6.04 Å². The van der Waals surface area contributed by atoms with E-state index in [1.165, 1.54) is 25.7 Å². The van der Waals surface area contributed by atoms with Crippen molar-refractivity contribution in [2.75, 3.05) is 19.6 Å². The zero-order chi connectivity index (χ0) is 12.0. The van der Waals surface area contributed by atoms with E-state index in [2.05, 4.69) is 6.92 Å². The number of aliphatic carboxylic acids is 1. The minimum absolute atomic E-state index is 0.296. The highest BCUT2D eigenvalue weighted by molar-refractivity contribution is 5.73. The molecule has 0 bridgehead atoms. The van der Waals surface area contributed by atoms with Gasteiger partial charge in [0.25, 0.3) is 0 Å². The van der Waals surface area contributed by atoms with E-state index >= 15 is 0 Å². The minimum atomic E-state index is -0.688. The Labute approximate surface area is 97.8 Å². The summed E-state index contributed by atoms with van der Waals surface area (Å²) in [4.78, 5) is 13.1. The zero-order valence-corrected chi connectivity index (χ0v) is 10.2. The summed E-state index contributed by atoms with van der Waals surface area (Å²) in [6.07, 6.45) is 5.68. The maximum atomic E-state index is 11.1. The molecule has 1 rings (SSSR count). The molecule has 0 aromatic carbocycles. The summed E-state index contributed by atoms with van der Waals surface area (Å²) in [6.45, 7) is 4.36. The van der Waals surface area contributed by atoms with Crippen LogP contribution in [0.25, 0.3) is 0 Å². The van der Waals surface area contributed by atoms with Crippen LogP contribution in [0.3, 0.4) is 0 Å². The number of rotatable bonds is 7. The smallest absolute Gasteiger partial charge is 0.320 e. The number of hydrogen-bond acceptors (Lipinski definition) is 3. The number of unbranched alkanes of at least 4 members (excludes halogenated alkanes) is 2. The Morgan fingerprint density at radius 3 is 2.81 bits per heavy atom. The number of nitrogens with zero attached hydrogens (tertiary/aromatic N) is 1. The maximum absolute atomic E-state index is 11.1. The zero-order valence-electron chi connectivity index (χ0n) is 10.2. The van der Waals surface area contributed by atoms with Gasteiger partial charge in [-0.05, 0) is 18.8 Å². The Morgan fingerprint density at radius 2 is 2.25 bits per heavy atom. The lowest BCUT2D eigenvalue weighted by Crippen LogP contribution is -2.38. The van der Waals surface area contributed by atoms with E-state index in [0.29, 0.717) is 19.0 Å². The molecule has 0 aromatic rings. The van der Waals surface area contributed by atoms with E-state index in [4.69, 9.17) is 10.8 Å². The van der Waals surface area contributed by atoms with E-state index in [1.807, 2.05) is 4.90 Å². The first-order chi connectivity index (χ1) is 7.69. The second kappa shape index (κ2) is 6.86. The number of carboxylic acids is 1. The summed E-state index contributed by atoms with van der Waals surface area (Å²) in [5.41, 5.74) is 5.50. The van der Waals surface area contributed by atoms with Gasteiger partial charge in [-0.1, -0.05) is 26.2 Å². The predicted octanol–water partition coefficient (Wildman–Crippen LogP) is 1.30. The molecule has 0 amide bonds. The molecule has 1 aliphatic heterocycles. The lowest BCUT2D eigenvalue weighted by molar-refractivity contribution is -0.142.